The van der Waals surface area contributed by atoms with Crippen molar-refractivity contribution in [2.75, 3.05) is 26.2 Å². The minimum atomic E-state index is 0.539. The first-order chi connectivity index (χ1) is 9.36. The summed E-state index contributed by atoms with van der Waals surface area (Å²) in [5.41, 5.74) is 0. The number of aliphatic imine (C=N–C) groups is 1. The monoisotopic (exact) mass is 267 g/mol. The van der Waals surface area contributed by atoms with Crippen LogP contribution in [0.2, 0.25) is 0 Å². The quantitative estimate of drug-likeness (QED) is 0.409. The molecule has 0 amide bonds. The van der Waals surface area contributed by atoms with E-state index in [2.05, 4.69) is 29.5 Å². The van der Waals surface area contributed by atoms with Gasteiger partial charge in [0.05, 0.1) is 6.26 Å². The molecule has 2 N–H and O–H groups in total. The number of furan rings is 1. The van der Waals surface area contributed by atoms with Crippen molar-refractivity contribution >= 4 is 5.96 Å². The van der Waals surface area contributed by atoms with Crippen molar-refractivity contribution in [1.29, 1.82) is 0 Å². The second-order valence-electron chi connectivity index (χ2n) is 4.17. The Morgan fingerprint density at radius 3 is 2.95 bits per heavy atom. The van der Waals surface area contributed by atoms with E-state index in [-0.39, 0.29) is 0 Å². The van der Waals surface area contributed by atoms with E-state index in [1.165, 1.54) is 0 Å². The van der Waals surface area contributed by atoms with Crippen LogP contribution in [-0.4, -0.2) is 32.2 Å². The summed E-state index contributed by atoms with van der Waals surface area (Å²) in [6.07, 6.45) is 3.66. The summed E-state index contributed by atoms with van der Waals surface area (Å²) in [6.45, 7) is 8.02. The molecular weight excluding hydrogens is 242 g/mol. The van der Waals surface area contributed by atoms with Crippen molar-refractivity contribution in [2.45, 2.75) is 33.3 Å². The Kier molecular flexibility index (Phi) is 8.55. The first kappa shape index (κ1) is 15.6. The zero-order chi connectivity index (χ0) is 13.8. The summed E-state index contributed by atoms with van der Waals surface area (Å²) in [5.74, 6) is 1.75. The second kappa shape index (κ2) is 10.4. The van der Waals surface area contributed by atoms with Gasteiger partial charge >= 0.3 is 0 Å². The molecule has 0 spiro atoms. The van der Waals surface area contributed by atoms with Crippen LogP contribution in [0.15, 0.2) is 27.8 Å². The number of nitrogens with one attached hydrogen (secondary N) is 2. The van der Waals surface area contributed by atoms with E-state index >= 15 is 0 Å². The molecule has 0 radical (unpaired) electrons. The van der Waals surface area contributed by atoms with Crippen LogP contribution < -0.4 is 10.6 Å². The van der Waals surface area contributed by atoms with Gasteiger partial charge in [-0.25, -0.2) is 0 Å². The van der Waals surface area contributed by atoms with Gasteiger partial charge in [0.1, 0.15) is 12.4 Å². The zero-order valence-electron chi connectivity index (χ0n) is 11.9. The fourth-order valence-corrected chi connectivity index (χ4v) is 1.51. The molecule has 0 saturated heterocycles. The summed E-state index contributed by atoms with van der Waals surface area (Å²) in [7, 11) is 0. The lowest BCUT2D eigenvalue weighted by molar-refractivity contribution is 0.105. The Morgan fingerprint density at radius 1 is 1.37 bits per heavy atom. The molecule has 1 aromatic heterocycles. The van der Waals surface area contributed by atoms with Crippen molar-refractivity contribution in [3.63, 3.8) is 0 Å². The SMILES string of the molecule is CCCN=C(NCC)NCCCOCc1ccco1. The van der Waals surface area contributed by atoms with E-state index in [1.54, 1.807) is 6.26 Å². The third kappa shape index (κ3) is 7.51. The molecule has 108 valence electrons. The summed E-state index contributed by atoms with van der Waals surface area (Å²) in [6, 6.07) is 3.78. The molecular formula is C14H25N3O2. The Balaban J connectivity index is 2.04. The molecule has 0 aliphatic heterocycles. The van der Waals surface area contributed by atoms with Crippen molar-refractivity contribution < 1.29 is 9.15 Å². The van der Waals surface area contributed by atoms with Crippen LogP contribution in [0.5, 0.6) is 0 Å². The van der Waals surface area contributed by atoms with Crippen LogP contribution in [-0.2, 0) is 11.3 Å². The molecule has 0 aliphatic rings. The van der Waals surface area contributed by atoms with Gasteiger partial charge in [-0.15, -0.1) is 0 Å². The number of ether oxygens (including phenoxy) is 1. The van der Waals surface area contributed by atoms with E-state index < -0.39 is 0 Å². The largest absolute Gasteiger partial charge is 0.467 e. The molecule has 19 heavy (non-hydrogen) atoms. The number of guanidine groups is 1. The number of rotatable bonds is 9. The summed E-state index contributed by atoms with van der Waals surface area (Å²) < 4.78 is 10.7. The van der Waals surface area contributed by atoms with Crippen molar-refractivity contribution in [3.05, 3.63) is 24.2 Å². The lowest BCUT2D eigenvalue weighted by Crippen LogP contribution is -2.38. The Morgan fingerprint density at radius 2 is 2.26 bits per heavy atom. The lowest BCUT2D eigenvalue weighted by atomic mass is 10.4. The molecule has 0 aromatic carbocycles. The molecule has 1 rings (SSSR count). The van der Waals surface area contributed by atoms with Crippen LogP contribution >= 0.6 is 0 Å². The van der Waals surface area contributed by atoms with Gasteiger partial charge < -0.3 is 19.8 Å². The Bertz CT molecular complexity index is 336. The normalized spacial score (nSPS) is 11.6. The Labute approximate surface area is 115 Å². The number of nitrogens with zero attached hydrogens (tertiary/aromatic N) is 1. The first-order valence-electron chi connectivity index (χ1n) is 6.99. The predicted molar refractivity (Wildman–Crippen MR) is 77.3 cm³/mol. The minimum Gasteiger partial charge on any atom is -0.467 e. The predicted octanol–water partition coefficient (Wildman–Crippen LogP) is 2.15. The smallest absolute Gasteiger partial charge is 0.191 e. The topological polar surface area (TPSA) is 58.8 Å². The third-order valence-corrected chi connectivity index (χ3v) is 2.42. The Hall–Kier alpha value is -1.49. The molecule has 0 atom stereocenters. The van der Waals surface area contributed by atoms with Gasteiger partial charge in [-0.05, 0) is 31.9 Å². The van der Waals surface area contributed by atoms with Crippen LogP contribution in [0.4, 0.5) is 0 Å². The van der Waals surface area contributed by atoms with E-state index in [0.717, 1.165) is 44.2 Å². The van der Waals surface area contributed by atoms with Gasteiger partial charge in [0.15, 0.2) is 5.96 Å². The highest BCUT2D eigenvalue weighted by atomic mass is 16.5. The van der Waals surface area contributed by atoms with Gasteiger partial charge in [-0.2, -0.15) is 0 Å². The molecule has 1 heterocycles. The maximum atomic E-state index is 5.51. The van der Waals surface area contributed by atoms with Gasteiger partial charge in [0.2, 0.25) is 0 Å². The van der Waals surface area contributed by atoms with Crippen molar-refractivity contribution in [2.24, 2.45) is 4.99 Å². The van der Waals surface area contributed by atoms with Crippen LogP contribution in [0.1, 0.15) is 32.4 Å². The summed E-state index contributed by atoms with van der Waals surface area (Å²) >= 11 is 0. The molecule has 0 unspecified atom stereocenters. The molecule has 5 heteroatoms. The third-order valence-electron chi connectivity index (χ3n) is 2.42. The fourth-order valence-electron chi connectivity index (χ4n) is 1.51. The minimum absolute atomic E-state index is 0.539. The van der Waals surface area contributed by atoms with E-state index in [0.29, 0.717) is 13.2 Å². The van der Waals surface area contributed by atoms with Crippen molar-refractivity contribution in [1.82, 2.24) is 10.6 Å². The molecule has 0 fully saturated rings. The highest BCUT2D eigenvalue weighted by Crippen LogP contribution is 2.01. The molecule has 0 saturated carbocycles. The lowest BCUT2D eigenvalue weighted by Gasteiger charge is -2.10. The van der Waals surface area contributed by atoms with Crippen LogP contribution in [0.3, 0.4) is 0 Å². The van der Waals surface area contributed by atoms with Crippen molar-refractivity contribution in [3.8, 4) is 0 Å². The average molecular weight is 267 g/mol. The summed E-state index contributed by atoms with van der Waals surface area (Å²) in [5, 5.41) is 6.50. The maximum Gasteiger partial charge on any atom is 0.191 e. The average Bonchev–Trinajstić information content (AvgIpc) is 2.93. The zero-order valence-corrected chi connectivity index (χ0v) is 11.9. The fraction of sp³-hybridized carbons (Fsp3) is 0.643. The first-order valence-corrected chi connectivity index (χ1v) is 6.99. The second-order valence-corrected chi connectivity index (χ2v) is 4.17. The molecule has 5 nitrogen and oxygen atoms in total. The van der Waals surface area contributed by atoms with Gasteiger partial charge in [0, 0.05) is 26.2 Å². The highest BCUT2D eigenvalue weighted by Gasteiger charge is 1.97. The van der Waals surface area contributed by atoms with Gasteiger partial charge in [0.25, 0.3) is 0 Å². The molecule has 0 bridgehead atoms. The standard InChI is InChI=1S/C14H25N3O2/c1-3-8-16-14(15-4-2)17-9-6-10-18-12-13-7-5-11-19-13/h5,7,11H,3-4,6,8-10,12H2,1-2H3,(H2,15,16,17). The number of hydrogen-bond acceptors (Lipinski definition) is 3. The van der Waals surface area contributed by atoms with E-state index in [4.69, 9.17) is 9.15 Å². The molecule has 1 aromatic rings. The highest BCUT2D eigenvalue weighted by molar-refractivity contribution is 5.79. The van der Waals surface area contributed by atoms with Crippen LogP contribution in [0.25, 0.3) is 0 Å². The summed E-state index contributed by atoms with van der Waals surface area (Å²) in [4.78, 5) is 4.43. The van der Waals surface area contributed by atoms with Gasteiger partial charge in [-0.1, -0.05) is 6.92 Å². The van der Waals surface area contributed by atoms with Crippen LogP contribution in [0, 0.1) is 0 Å². The molecule has 0 aliphatic carbocycles. The van der Waals surface area contributed by atoms with E-state index in [1.807, 2.05) is 12.1 Å². The van der Waals surface area contributed by atoms with Gasteiger partial charge in [-0.3, -0.25) is 4.99 Å². The number of hydrogen-bond donors (Lipinski definition) is 2. The van der Waals surface area contributed by atoms with E-state index in [9.17, 15) is 0 Å². The maximum absolute atomic E-state index is 5.51.